The summed E-state index contributed by atoms with van der Waals surface area (Å²) in [7, 11) is 1.65. The summed E-state index contributed by atoms with van der Waals surface area (Å²) in [6, 6.07) is 22.5. The molecule has 3 aromatic carbocycles. The molecule has 156 valence electrons. The number of carbonyl (C=O) groups is 1. The maximum atomic E-state index is 12.2. The molecule has 31 heavy (non-hydrogen) atoms. The van der Waals surface area contributed by atoms with Crippen LogP contribution in [-0.2, 0) is 4.74 Å². The summed E-state index contributed by atoms with van der Waals surface area (Å²) in [6.07, 6.45) is 0.126. The molecule has 1 N–H and O–H groups in total. The van der Waals surface area contributed by atoms with Crippen LogP contribution in [-0.4, -0.2) is 26.4 Å². The van der Waals surface area contributed by atoms with Crippen LogP contribution >= 0.6 is 0 Å². The largest absolute Gasteiger partial charge is 0.496 e. The molecule has 0 bridgehead atoms. The quantitative estimate of drug-likeness (QED) is 0.459. The first-order chi connectivity index (χ1) is 15.2. The third-order valence-corrected chi connectivity index (χ3v) is 5.50. The Bertz CT molecular complexity index is 1110. The van der Waals surface area contributed by atoms with Gasteiger partial charge in [0.05, 0.1) is 7.11 Å². The summed E-state index contributed by atoms with van der Waals surface area (Å²) in [6.45, 7) is 2.75. The van der Waals surface area contributed by atoms with Crippen LogP contribution in [0.15, 0.2) is 66.7 Å². The number of methoxy groups -OCH3 is 1. The minimum Gasteiger partial charge on any atom is -0.496 e. The van der Waals surface area contributed by atoms with E-state index in [4.69, 9.17) is 9.47 Å². The standard InChI is InChI=1S/C27H25NO3/c1-19-14-15-20(17-26(19)30-2)9-7-8-16-28-27(29)31-18-25-23-12-5-3-10-21(23)22-11-4-6-13-24(22)25/h3-6,10-15,17,25H,8,16,18H2,1-2H3,(H,28,29). The smallest absolute Gasteiger partial charge is 0.407 e. The van der Waals surface area contributed by atoms with Crippen molar-refractivity contribution in [2.24, 2.45) is 0 Å². The highest BCUT2D eigenvalue weighted by Crippen LogP contribution is 2.44. The Morgan fingerprint density at radius 3 is 2.35 bits per heavy atom. The molecule has 1 aliphatic rings. The van der Waals surface area contributed by atoms with E-state index in [-0.39, 0.29) is 5.92 Å². The minimum atomic E-state index is -0.416. The molecule has 0 saturated carbocycles. The number of nitrogens with one attached hydrogen (secondary N) is 1. The van der Waals surface area contributed by atoms with E-state index in [2.05, 4.69) is 41.4 Å². The molecule has 0 radical (unpaired) electrons. The lowest BCUT2D eigenvalue weighted by Crippen LogP contribution is -2.26. The summed E-state index contributed by atoms with van der Waals surface area (Å²) in [5, 5.41) is 2.78. The molecular weight excluding hydrogens is 386 g/mol. The highest BCUT2D eigenvalue weighted by molar-refractivity contribution is 5.79. The van der Waals surface area contributed by atoms with Crippen molar-refractivity contribution in [3.63, 3.8) is 0 Å². The molecule has 0 fully saturated rings. The molecule has 4 nitrogen and oxygen atoms in total. The Hall–Kier alpha value is -3.71. The predicted octanol–water partition coefficient (Wildman–Crippen LogP) is 5.28. The molecule has 0 spiro atoms. The summed E-state index contributed by atoms with van der Waals surface area (Å²) < 4.78 is 10.8. The van der Waals surface area contributed by atoms with Crippen molar-refractivity contribution < 1.29 is 14.3 Å². The van der Waals surface area contributed by atoms with Gasteiger partial charge in [-0.1, -0.05) is 66.4 Å². The van der Waals surface area contributed by atoms with Crippen LogP contribution in [0.3, 0.4) is 0 Å². The number of hydrogen-bond acceptors (Lipinski definition) is 3. The molecule has 0 heterocycles. The highest BCUT2D eigenvalue weighted by Gasteiger charge is 2.28. The Balaban J connectivity index is 1.28. The number of rotatable bonds is 5. The fourth-order valence-corrected chi connectivity index (χ4v) is 3.94. The second-order valence-corrected chi connectivity index (χ2v) is 7.49. The van der Waals surface area contributed by atoms with E-state index in [1.54, 1.807) is 7.11 Å². The van der Waals surface area contributed by atoms with E-state index in [0.717, 1.165) is 16.9 Å². The normalized spacial score (nSPS) is 11.7. The van der Waals surface area contributed by atoms with Crippen LogP contribution in [0.25, 0.3) is 11.1 Å². The zero-order valence-electron chi connectivity index (χ0n) is 17.8. The van der Waals surface area contributed by atoms with Crippen LogP contribution in [0.1, 0.15) is 34.6 Å². The van der Waals surface area contributed by atoms with Gasteiger partial charge in [-0.25, -0.2) is 4.79 Å². The van der Waals surface area contributed by atoms with Gasteiger partial charge in [-0.15, -0.1) is 0 Å². The molecular formula is C27H25NO3. The van der Waals surface area contributed by atoms with Gasteiger partial charge in [-0.05, 0) is 46.9 Å². The summed E-state index contributed by atoms with van der Waals surface area (Å²) >= 11 is 0. The zero-order chi connectivity index (χ0) is 21.6. The fraction of sp³-hybridized carbons (Fsp3) is 0.222. The average Bonchev–Trinajstić information content (AvgIpc) is 3.12. The number of fused-ring (bicyclic) bond motifs is 3. The van der Waals surface area contributed by atoms with E-state index >= 15 is 0 Å². The maximum Gasteiger partial charge on any atom is 0.407 e. The molecule has 0 saturated heterocycles. The summed E-state index contributed by atoms with van der Waals surface area (Å²) in [5.74, 6) is 7.06. The summed E-state index contributed by atoms with van der Waals surface area (Å²) in [5.41, 5.74) is 6.81. The third kappa shape index (κ3) is 4.57. The van der Waals surface area contributed by atoms with Crippen LogP contribution in [0.2, 0.25) is 0 Å². The number of aryl methyl sites for hydroxylation is 1. The molecule has 0 unspecified atom stereocenters. The fourth-order valence-electron chi connectivity index (χ4n) is 3.94. The lowest BCUT2D eigenvalue weighted by molar-refractivity contribution is 0.143. The molecule has 0 aromatic heterocycles. The van der Waals surface area contributed by atoms with Gasteiger partial charge in [0, 0.05) is 24.4 Å². The van der Waals surface area contributed by atoms with Gasteiger partial charge in [0.2, 0.25) is 0 Å². The van der Waals surface area contributed by atoms with E-state index in [1.807, 2.05) is 49.4 Å². The molecule has 3 aromatic rings. The Morgan fingerprint density at radius 2 is 1.68 bits per heavy atom. The summed E-state index contributed by atoms with van der Waals surface area (Å²) in [4.78, 5) is 12.2. The lowest BCUT2D eigenvalue weighted by atomic mass is 9.98. The topological polar surface area (TPSA) is 47.6 Å². The number of benzene rings is 3. The SMILES string of the molecule is COc1cc(C#CCCNC(=O)OCC2c3ccccc3-c3ccccc32)ccc1C. The second kappa shape index (κ2) is 9.40. The minimum absolute atomic E-state index is 0.0643. The number of alkyl carbamates (subject to hydrolysis) is 1. The van der Waals surface area contributed by atoms with Gasteiger partial charge in [-0.2, -0.15) is 0 Å². The molecule has 0 aliphatic heterocycles. The van der Waals surface area contributed by atoms with Crippen molar-refractivity contribution in [1.29, 1.82) is 0 Å². The van der Waals surface area contributed by atoms with Gasteiger partial charge in [0.15, 0.2) is 0 Å². The molecule has 4 rings (SSSR count). The van der Waals surface area contributed by atoms with Crippen molar-refractivity contribution in [1.82, 2.24) is 5.32 Å². The van der Waals surface area contributed by atoms with E-state index in [0.29, 0.717) is 19.6 Å². The van der Waals surface area contributed by atoms with E-state index < -0.39 is 6.09 Å². The first-order valence-corrected chi connectivity index (χ1v) is 10.4. The molecule has 0 atom stereocenters. The Kier molecular flexibility index (Phi) is 6.24. The van der Waals surface area contributed by atoms with Crippen molar-refractivity contribution in [2.75, 3.05) is 20.3 Å². The number of hydrogen-bond donors (Lipinski definition) is 1. The van der Waals surface area contributed by atoms with Crippen LogP contribution in [0, 0.1) is 18.8 Å². The maximum absolute atomic E-state index is 12.2. The van der Waals surface area contributed by atoms with Crippen molar-refractivity contribution in [2.45, 2.75) is 19.3 Å². The highest BCUT2D eigenvalue weighted by atomic mass is 16.5. The number of ether oxygens (including phenoxy) is 2. The zero-order valence-corrected chi connectivity index (χ0v) is 17.8. The van der Waals surface area contributed by atoms with Gasteiger partial charge in [-0.3, -0.25) is 0 Å². The van der Waals surface area contributed by atoms with Gasteiger partial charge < -0.3 is 14.8 Å². The van der Waals surface area contributed by atoms with E-state index in [9.17, 15) is 4.79 Å². The van der Waals surface area contributed by atoms with Crippen LogP contribution in [0.4, 0.5) is 4.79 Å². The first-order valence-electron chi connectivity index (χ1n) is 10.4. The van der Waals surface area contributed by atoms with Crippen molar-refractivity contribution in [3.05, 3.63) is 89.0 Å². The van der Waals surface area contributed by atoms with Crippen LogP contribution < -0.4 is 10.1 Å². The lowest BCUT2D eigenvalue weighted by Gasteiger charge is -2.14. The monoisotopic (exact) mass is 411 g/mol. The Morgan fingerprint density at radius 1 is 1.00 bits per heavy atom. The second-order valence-electron chi connectivity index (χ2n) is 7.49. The van der Waals surface area contributed by atoms with Crippen LogP contribution in [0.5, 0.6) is 5.75 Å². The number of amides is 1. The molecule has 1 aliphatic carbocycles. The average molecular weight is 412 g/mol. The van der Waals surface area contributed by atoms with Crippen molar-refractivity contribution >= 4 is 6.09 Å². The predicted molar refractivity (Wildman–Crippen MR) is 122 cm³/mol. The third-order valence-electron chi connectivity index (χ3n) is 5.50. The Labute approximate surface area is 183 Å². The van der Waals surface area contributed by atoms with Gasteiger partial charge >= 0.3 is 6.09 Å². The molecule has 4 heteroatoms. The molecule has 1 amide bonds. The first kappa shape index (κ1) is 20.6. The number of carbonyl (C=O) groups excluding carboxylic acids is 1. The van der Waals surface area contributed by atoms with Gasteiger partial charge in [0.1, 0.15) is 12.4 Å². The van der Waals surface area contributed by atoms with E-state index in [1.165, 1.54) is 22.3 Å². The van der Waals surface area contributed by atoms with Gasteiger partial charge in [0.25, 0.3) is 0 Å². The van der Waals surface area contributed by atoms with Crippen molar-refractivity contribution in [3.8, 4) is 28.7 Å².